The molecule has 0 saturated carbocycles. The molecule has 1 fully saturated rings. The molecule has 1 aliphatic heterocycles. The monoisotopic (exact) mass is 206 g/mol. The zero-order valence-corrected chi connectivity index (χ0v) is 9.11. The Labute approximate surface area is 85.8 Å². The number of amides is 1. The number of carbonyl (C=O) groups excluding carboxylic acids is 1. The number of morpholine rings is 1. The van der Waals surface area contributed by atoms with E-state index in [9.17, 15) is 4.79 Å². The molecule has 0 spiro atoms. The average molecular weight is 206 g/mol. The van der Waals surface area contributed by atoms with Crippen LogP contribution in [0.3, 0.4) is 0 Å². The summed E-state index contributed by atoms with van der Waals surface area (Å²) in [6.07, 6.45) is 1.96. The maximum Gasteiger partial charge on any atom is 0.209 e. The second-order valence-electron chi connectivity index (χ2n) is 2.54. The van der Waals surface area contributed by atoms with E-state index in [1.165, 1.54) is 0 Å². The van der Waals surface area contributed by atoms with Crippen LogP contribution in [0.2, 0.25) is 0 Å². The number of hydrogen-bond donors (Lipinski definition) is 2. The van der Waals surface area contributed by atoms with Crippen molar-refractivity contribution in [3.63, 3.8) is 0 Å². The Kier molecular flexibility index (Phi) is 16.8. The Bertz CT molecular complexity index is 104. The molecule has 14 heavy (non-hydrogen) atoms. The third-order valence-corrected chi connectivity index (χ3v) is 1.48. The predicted octanol–water partition coefficient (Wildman–Crippen LogP) is -0.561. The van der Waals surface area contributed by atoms with Gasteiger partial charge in [-0.1, -0.05) is 6.92 Å². The number of aliphatic hydroxyl groups is 1. The molecule has 0 bridgehead atoms. The highest BCUT2D eigenvalue weighted by Gasteiger charge is 2.05. The number of nitrogens with zero attached hydrogens (tertiary/aromatic N) is 1. The van der Waals surface area contributed by atoms with Gasteiger partial charge in [0.25, 0.3) is 0 Å². The molecule has 0 aromatic heterocycles. The van der Waals surface area contributed by atoms with Gasteiger partial charge in [0.15, 0.2) is 0 Å². The topological polar surface area (TPSA) is 75.8 Å². The molecule has 5 heteroatoms. The molecule has 3 N–H and O–H groups in total. The molecule has 1 rings (SSSR count). The van der Waals surface area contributed by atoms with Gasteiger partial charge in [-0.05, 0) is 13.0 Å². The molecule has 1 heterocycles. The zero-order chi connectivity index (χ0) is 11.2. The van der Waals surface area contributed by atoms with Crippen LogP contribution in [0, 0.1) is 0 Å². The lowest BCUT2D eigenvalue weighted by molar-refractivity contribution is -0.121. The van der Waals surface area contributed by atoms with Crippen LogP contribution in [0.4, 0.5) is 0 Å². The van der Waals surface area contributed by atoms with E-state index in [0.717, 1.165) is 39.6 Å². The van der Waals surface area contributed by atoms with Gasteiger partial charge < -0.3 is 20.5 Å². The lowest BCUT2D eigenvalue weighted by Gasteiger charge is -2.21. The number of aliphatic hydroxyl groups excluding tert-OH is 1. The van der Waals surface area contributed by atoms with Crippen molar-refractivity contribution in [1.29, 1.82) is 0 Å². The molecule has 1 amide bonds. The Morgan fingerprint density at radius 2 is 1.86 bits per heavy atom. The van der Waals surface area contributed by atoms with Gasteiger partial charge in [-0.15, -0.1) is 0 Å². The van der Waals surface area contributed by atoms with Crippen LogP contribution < -0.4 is 5.73 Å². The molecule has 0 aliphatic carbocycles. The van der Waals surface area contributed by atoms with Crippen molar-refractivity contribution in [2.24, 2.45) is 5.73 Å². The first-order valence-electron chi connectivity index (χ1n) is 4.77. The van der Waals surface area contributed by atoms with Crippen LogP contribution in [-0.4, -0.2) is 56.4 Å². The van der Waals surface area contributed by atoms with E-state index in [4.69, 9.17) is 15.6 Å². The van der Waals surface area contributed by atoms with Crippen molar-refractivity contribution in [2.75, 3.05) is 40.0 Å². The molecule has 0 unspecified atom stereocenters. The minimum atomic E-state index is 0.693. The largest absolute Gasteiger partial charge is 0.400 e. The van der Waals surface area contributed by atoms with Gasteiger partial charge in [0, 0.05) is 20.2 Å². The van der Waals surface area contributed by atoms with E-state index in [1.54, 1.807) is 4.90 Å². The number of rotatable bonds is 2. The standard InChI is InChI=1S/C5H9NO2.C3H9N.CH4O/c7-5-6-1-3-8-4-2-6;1-2-3-4;1-2/h5H,1-4H2;2-4H2,1H3;2H,1H3. The average Bonchev–Trinajstić information content (AvgIpc) is 2.33. The van der Waals surface area contributed by atoms with Crippen LogP contribution >= 0.6 is 0 Å². The summed E-state index contributed by atoms with van der Waals surface area (Å²) in [7, 11) is 1.00. The number of carbonyl (C=O) groups is 1. The number of ether oxygens (including phenoxy) is 1. The highest BCUT2D eigenvalue weighted by Crippen LogP contribution is 1.90. The molecular weight excluding hydrogens is 184 g/mol. The van der Waals surface area contributed by atoms with E-state index in [2.05, 4.69) is 6.92 Å². The van der Waals surface area contributed by atoms with Crippen LogP contribution in [0.1, 0.15) is 13.3 Å². The van der Waals surface area contributed by atoms with Crippen LogP contribution in [0.25, 0.3) is 0 Å². The molecule has 0 atom stereocenters. The number of nitrogens with two attached hydrogens (primary N) is 1. The highest BCUT2D eigenvalue weighted by molar-refractivity contribution is 5.46. The van der Waals surface area contributed by atoms with Crippen molar-refractivity contribution < 1.29 is 14.6 Å². The van der Waals surface area contributed by atoms with E-state index in [1.807, 2.05) is 0 Å². The fraction of sp³-hybridized carbons (Fsp3) is 0.889. The van der Waals surface area contributed by atoms with Crippen molar-refractivity contribution in [1.82, 2.24) is 4.90 Å². The molecule has 5 nitrogen and oxygen atoms in total. The fourth-order valence-corrected chi connectivity index (χ4v) is 0.683. The van der Waals surface area contributed by atoms with E-state index in [-0.39, 0.29) is 0 Å². The first-order chi connectivity index (χ1) is 6.85. The van der Waals surface area contributed by atoms with Gasteiger partial charge in [-0.25, -0.2) is 0 Å². The van der Waals surface area contributed by atoms with Crippen LogP contribution in [0.5, 0.6) is 0 Å². The van der Waals surface area contributed by atoms with Crippen molar-refractivity contribution in [3.8, 4) is 0 Å². The highest BCUT2D eigenvalue weighted by atomic mass is 16.5. The smallest absolute Gasteiger partial charge is 0.209 e. The second-order valence-corrected chi connectivity index (χ2v) is 2.54. The minimum absolute atomic E-state index is 0.693. The molecule has 0 aromatic rings. The Balaban J connectivity index is 0. The number of hydrogen-bond acceptors (Lipinski definition) is 4. The summed E-state index contributed by atoms with van der Waals surface area (Å²) in [5.74, 6) is 0. The Morgan fingerprint density at radius 3 is 2.07 bits per heavy atom. The summed E-state index contributed by atoms with van der Waals surface area (Å²) in [6, 6.07) is 0. The van der Waals surface area contributed by atoms with Crippen molar-refractivity contribution >= 4 is 6.41 Å². The quantitative estimate of drug-likeness (QED) is 0.594. The summed E-state index contributed by atoms with van der Waals surface area (Å²) in [5.41, 5.74) is 5.03. The second kappa shape index (κ2) is 14.9. The van der Waals surface area contributed by atoms with Crippen LogP contribution in [0.15, 0.2) is 0 Å². The molecule has 1 aliphatic rings. The molecule has 0 radical (unpaired) electrons. The third-order valence-electron chi connectivity index (χ3n) is 1.48. The van der Waals surface area contributed by atoms with Gasteiger partial charge in [0.1, 0.15) is 0 Å². The van der Waals surface area contributed by atoms with Gasteiger partial charge in [-0.3, -0.25) is 4.79 Å². The Hall–Kier alpha value is -0.650. The molecule has 0 aromatic carbocycles. The SMILES string of the molecule is CCCN.CO.O=CN1CCOCC1. The van der Waals surface area contributed by atoms with Crippen LogP contribution in [-0.2, 0) is 9.53 Å². The van der Waals surface area contributed by atoms with Crippen molar-refractivity contribution in [3.05, 3.63) is 0 Å². The van der Waals surface area contributed by atoms with E-state index >= 15 is 0 Å². The first kappa shape index (κ1) is 15.8. The minimum Gasteiger partial charge on any atom is -0.400 e. The summed E-state index contributed by atoms with van der Waals surface area (Å²) in [6.45, 7) is 5.77. The molecular formula is C9H22N2O3. The summed E-state index contributed by atoms with van der Waals surface area (Å²) in [4.78, 5) is 11.7. The first-order valence-corrected chi connectivity index (χ1v) is 4.77. The molecule has 1 saturated heterocycles. The summed E-state index contributed by atoms with van der Waals surface area (Å²) >= 11 is 0. The molecule has 86 valence electrons. The summed E-state index contributed by atoms with van der Waals surface area (Å²) < 4.78 is 5.00. The van der Waals surface area contributed by atoms with Gasteiger partial charge in [0.2, 0.25) is 6.41 Å². The lowest BCUT2D eigenvalue weighted by Crippen LogP contribution is -2.34. The fourth-order valence-electron chi connectivity index (χ4n) is 0.683. The van der Waals surface area contributed by atoms with E-state index in [0.29, 0.717) is 13.2 Å². The van der Waals surface area contributed by atoms with Gasteiger partial charge >= 0.3 is 0 Å². The van der Waals surface area contributed by atoms with Gasteiger partial charge in [-0.2, -0.15) is 0 Å². The Morgan fingerprint density at radius 1 is 1.43 bits per heavy atom. The maximum atomic E-state index is 10.0. The summed E-state index contributed by atoms with van der Waals surface area (Å²) in [5, 5.41) is 7.00. The zero-order valence-electron chi connectivity index (χ0n) is 9.11. The normalized spacial score (nSPS) is 14.4. The van der Waals surface area contributed by atoms with E-state index < -0.39 is 0 Å². The van der Waals surface area contributed by atoms with Crippen molar-refractivity contribution in [2.45, 2.75) is 13.3 Å². The predicted molar refractivity (Wildman–Crippen MR) is 55.9 cm³/mol. The lowest BCUT2D eigenvalue weighted by atomic mass is 10.5. The maximum absolute atomic E-state index is 10.0. The van der Waals surface area contributed by atoms with Gasteiger partial charge in [0.05, 0.1) is 13.2 Å². The third kappa shape index (κ3) is 11.4.